The molecular formula is C16H14F3N5. The van der Waals surface area contributed by atoms with Crippen LogP contribution in [-0.2, 0) is 6.18 Å². The number of hydrogen-bond acceptors (Lipinski definition) is 4. The Hall–Kier alpha value is -2.90. The van der Waals surface area contributed by atoms with Crippen molar-refractivity contribution in [1.82, 2.24) is 19.7 Å². The summed E-state index contributed by atoms with van der Waals surface area (Å²) in [5.74, 6) is -0.0763. The minimum absolute atomic E-state index is 0.0763. The van der Waals surface area contributed by atoms with Crippen molar-refractivity contribution in [1.29, 1.82) is 0 Å². The molecule has 1 N–H and O–H groups in total. The number of nitrogens with one attached hydrogen (secondary N) is 1. The lowest BCUT2D eigenvalue weighted by Crippen LogP contribution is -2.15. The average Bonchev–Trinajstić information content (AvgIpc) is 3.08. The van der Waals surface area contributed by atoms with Crippen LogP contribution in [0.2, 0.25) is 0 Å². The average molecular weight is 333 g/mol. The van der Waals surface area contributed by atoms with Crippen LogP contribution in [0.15, 0.2) is 55.0 Å². The van der Waals surface area contributed by atoms with Crippen molar-refractivity contribution in [2.24, 2.45) is 0 Å². The minimum atomic E-state index is -4.50. The first-order chi connectivity index (χ1) is 11.4. The van der Waals surface area contributed by atoms with Gasteiger partial charge in [0.25, 0.3) is 0 Å². The van der Waals surface area contributed by atoms with Crippen LogP contribution in [0.1, 0.15) is 24.2 Å². The van der Waals surface area contributed by atoms with Crippen molar-refractivity contribution in [2.45, 2.75) is 19.1 Å². The summed E-state index contributed by atoms with van der Waals surface area (Å²) in [6, 6.07) is 9.81. The van der Waals surface area contributed by atoms with E-state index in [1.165, 1.54) is 0 Å². The number of aromatic nitrogens is 4. The maximum atomic E-state index is 12.7. The van der Waals surface area contributed by atoms with Gasteiger partial charge < -0.3 is 5.32 Å². The molecule has 8 heteroatoms. The highest BCUT2D eigenvalue weighted by Gasteiger charge is 2.32. The molecule has 0 saturated carbocycles. The molecule has 2 heterocycles. The molecule has 1 aromatic carbocycles. The first kappa shape index (κ1) is 16.0. The van der Waals surface area contributed by atoms with Crippen molar-refractivity contribution in [2.75, 3.05) is 5.32 Å². The molecule has 0 amide bonds. The molecule has 0 fully saturated rings. The van der Waals surface area contributed by atoms with Crippen LogP contribution in [-0.4, -0.2) is 19.7 Å². The number of nitrogens with zero attached hydrogens (tertiary/aromatic N) is 4. The fourth-order valence-electron chi connectivity index (χ4n) is 2.33. The Labute approximate surface area is 136 Å². The van der Waals surface area contributed by atoms with Crippen molar-refractivity contribution in [3.05, 3.63) is 66.2 Å². The van der Waals surface area contributed by atoms with Gasteiger partial charge in [-0.1, -0.05) is 18.2 Å². The van der Waals surface area contributed by atoms with Crippen molar-refractivity contribution in [3.8, 4) is 5.69 Å². The van der Waals surface area contributed by atoms with Gasteiger partial charge in [-0.3, -0.25) is 0 Å². The predicted molar refractivity (Wildman–Crippen MR) is 82.6 cm³/mol. The molecule has 3 aromatic rings. The maximum Gasteiger partial charge on any atom is 0.433 e. The molecule has 24 heavy (non-hydrogen) atoms. The zero-order chi connectivity index (χ0) is 17.2. The summed E-state index contributed by atoms with van der Waals surface area (Å²) in [7, 11) is 0. The van der Waals surface area contributed by atoms with Gasteiger partial charge in [-0.05, 0) is 30.7 Å². The number of benzene rings is 1. The van der Waals surface area contributed by atoms with E-state index in [9.17, 15) is 13.2 Å². The molecule has 1 atom stereocenters. The molecule has 0 aliphatic rings. The van der Waals surface area contributed by atoms with Crippen LogP contribution in [0.4, 0.5) is 19.1 Å². The second-order valence-corrected chi connectivity index (χ2v) is 5.14. The zero-order valence-electron chi connectivity index (χ0n) is 12.7. The van der Waals surface area contributed by atoms with E-state index in [-0.39, 0.29) is 12.0 Å². The van der Waals surface area contributed by atoms with Crippen LogP contribution in [0, 0.1) is 0 Å². The lowest BCUT2D eigenvalue weighted by atomic mass is 10.1. The topological polar surface area (TPSA) is 55.6 Å². The highest BCUT2D eigenvalue weighted by Crippen LogP contribution is 2.28. The number of hydrogen-bond donors (Lipinski definition) is 1. The van der Waals surface area contributed by atoms with E-state index in [0.717, 1.165) is 23.5 Å². The van der Waals surface area contributed by atoms with Gasteiger partial charge in [0, 0.05) is 18.6 Å². The van der Waals surface area contributed by atoms with E-state index in [4.69, 9.17) is 0 Å². The third-order valence-electron chi connectivity index (χ3n) is 3.45. The smallest absolute Gasteiger partial charge is 0.348 e. The molecule has 0 aliphatic heterocycles. The highest BCUT2D eigenvalue weighted by molar-refractivity contribution is 5.45. The Morgan fingerprint density at radius 1 is 1.08 bits per heavy atom. The molecule has 0 bridgehead atoms. The standard InChI is InChI=1S/C16H14F3N5/c1-11(22-15-20-9-7-14(23-15)16(17,18)19)12-5-2-3-6-13(12)24-10-4-8-21-24/h2-11H,1H3,(H,20,22,23). The van der Waals surface area contributed by atoms with Gasteiger partial charge in [0.15, 0.2) is 0 Å². The Balaban J connectivity index is 1.88. The summed E-state index contributed by atoms with van der Waals surface area (Å²) in [5, 5.41) is 7.10. The number of alkyl halides is 3. The molecule has 0 radical (unpaired) electrons. The van der Waals surface area contributed by atoms with Crippen LogP contribution in [0.25, 0.3) is 5.69 Å². The first-order valence-electron chi connectivity index (χ1n) is 7.21. The van der Waals surface area contributed by atoms with Gasteiger partial charge >= 0.3 is 6.18 Å². The SMILES string of the molecule is CC(Nc1nccc(C(F)(F)F)n1)c1ccccc1-n1cccn1. The highest BCUT2D eigenvalue weighted by atomic mass is 19.4. The van der Waals surface area contributed by atoms with Crippen LogP contribution in [0.3, 0.4) is 0 Å². The fourth-order valence-corrected chi connectivity index (χ4v) is 2.33. The molecule has 0 saturated heterocycles. The second kappa shape index (κ2) is 6.31. The van der Waals surface area contributed by atoms with Crippen molar-refractivity contribution < 1.29 is 13.2 Å². The summed E-state index contributed by atoms with van der Waals surface area (Å²) in [6.07, 6.45) is 0.0387. The Kier molecular flexibility index (Phi) is 4.20. The largest absolute Gasteiger partial charge is 0.433 e. The lowest BCUT2D eigenvalue weighted by molar-refractivity contribution is -0.141. The van der Waals surface area contributed by atoms with Crippen LogP contribution < -0.4 is 5.32 Å². The molecular weight excluding hydrogens is 319 g/mol. The molecule has 124 valence electrons. The number of para-hydroxylation sites is 1. The molecule has 3 rings (SSSR count). The van der Waals surface area contributed by atoms with Crippen molar-refractivity contribution in [3.63, 3.8) is 0 Å². The van der Waals surface area contributed by atoms with E-state index in [1.807, 2.05) is 31.2 Å². The second-order valence-electron chi connectivity index (χ2n) is 5.14. The predicted octanol–water partition coefficient (Wildman–Crippen LogP) is 3.85. The van der Waals surface area contributed by atoms with Gasteiger partial charge in [-0.15, -0.1) is 0 Å². The Morgan fingerprint density at radius 3 is 2.58 bits per heavy atom. The fraction of sp³-hybridized carbons (Fsp3) is 0.188. The summed E-state index contributed by atoms with van der Waals surface area (Å²) in [6.45, 7) is 1.83. The third kappa shape index (κ3) is 3.37. The molecule has 5 nitrogen and oxygen atoms in total. The van der Waals surface area contributed by atoms with Crippen LogP contribution in [0.5, 0.6) is 0 Å². The van der Waals surface area contributed by atoms with Crippen molar-refractivity contribution >= 4 is 5.95 Å². The lowest BCUT2D eigenvalue weighted by Gasteiger charge is -2.18. The molecule has 2 aromatic heterocycles. The van der Waals surface area contributed by atoms with Gasteiger partial charge in [0.2, 0.25) is 5.95 Å². The van der Waals surface area contributed by atoms with E-state index < -0.39 is 11.9 Å². The van der Waals surface area contributed by atoms with Crippen LogP contribution >= 0.6 is 0 Å². The third-order valence-corrected chi connectivity index (χ3v) is 3.45. The monoisotopic (exact) mass is 333 g/mol. The van der Waals surface area contributed by atoms with E-state index >= 15 is 0 Å². The number of halogens is 3. The summed E-state index contributed by atoms with van der Waals surface area (Å²) >= 11 is 0. The van der Waals surface area contributed by atoms with Gasteiger partial charge in [-0.2, -0.15) is 18.3 Å². The first-order valence-corrected chi connectivity index (χ1v) is 7.21. The van der Waals surface area contributed by atoms with Gasteiger partial charge in [0.05, 0.1) is 11.7 Å². The summed E-state index contributed by atoms with van der Waals surface area (Å²) in [5.41, 5.74) is 0.712. The van der Waals surface area contributed by atoms with E-state index in [1.54, 1.807) is 23.1 Å². The maximum absolute atomic E-state index is 12.7. The quantitative estimate of drug-likeness (QED) is 0.788. The Bertz CT molecular complexity index is 815. The molecule has 0 aliphatic carbocycles. The molecule has 1 unspecified atom stereocenters. The number of rotatable bonds is 4. The van der Waals surface area contributed by atoms with Gasteiger partial charge in [0.1, 0.15) is 5.69 Å². The summed E-state index contributed by atoms with van der Waals surface area (Å²) in [4.78, 5) is 7.40. The number of anilines is 1. The minimum Gasteiger partial charge on any atom is -0.348 e. The normalized spacial score (nSPS) is 12.8. The zero-order valence-corrected chi connectivity index (χ0v) is 12.7. The van der Waals surface area contributed by atoms with E-state index in [2.05, 4.69) is 20.4 Å². The summed E-state index contributed by atoms with van der Waals surface area (Å²) < 4.78 is 39.9. The Morgan fingerprint density at radius 2 is 1.88 bits per heavy atom. The van der Waals surface area contributed by atoms with E-state index in [0.29, 0.717) is 0 Å². The van der Waals surface area contributed by atoms with Gasteiger partial charge in [-0.25, -0.2) is 14.6 Å². The molecule has 0 spiro atoms.